The summed E-state index contributed by atoms with van der Waals surface area (Å²) >= 11 is 0. The Morgan fingerprint density at radius 2 is 2.25 bits per heavy atom. The van der Waals surface area contributed by atoms with Crippen LogP contribution >= 0.6 is 0 Å². The molecule has 0 saturated heterocycles. The molecule has 1 aromatic rings. The zero-order valence-electron chi connectivity index (χ0n) is 9.78. The van der Waals surface area contributed by atoms with E-state index in [1.807, 2.05) is 18.9 Å². The molecule has 6 heteroatoms. The molecule has 1 rings (SSSR count). The number of anilines is 1. The summed E-state index contributed by atoms with van der Waals surface area (Å²) in [7, 11) is 1.90. The number of aromatic nitrogens is 2. The number of rotatable bonds is 4. The first-order valence-corrected chi connectivity index (χ1v) is 5.14. The maximum Gasteiger partial charge on any atom is 0.225 e. The van der Waals surface area contributed by atoms with Crippen LogP contribution in [0.4, 0.5) is 5.95 Å². The summed E-state index contributed by atoms with van der Waals surface area (Å²) < 4.78 is 0. The van der Waals surface area contributed by atoms with Gasteiger partial charge in [0.1, 0.15) is 5.69 Å². The third kappa shape index (κ3) is 2.90. The minimum atomic E-state index is -0.128. The average Bonchev–Trinajstić information content (AvgIpc) is 2.27. The van der Waals surface area contributed by atoms with Crippen molar-refractivity contribution in [3.05, 3.63) is 17.5 Å². The maximum atomic E-state index is 8.66. The lowest BCUT2D eigenvalue weighted by atomic mass is 10.3. The van der Waals surface area contributed by atoms with Crippen molar-refractivity contribution < 1.29 is 5.21 Å². The molecule has 0 amide bonds. The Labute approximate surface area is 94.8 Å². The van der Waals surface area contributed by atoms with Gasteiger partial charge >= 0.3 is 0 Å². The van der Waals surface area contributed by atoms with Gasteiger partial charge < -0.3 is 4.90 Å². The molecule has 1 aromatic heterocycles. The van der Waals surface area contributed by atoms with Gasteiger partial charge in [0.05, 0.1) is 0 Å². The monoisotopic (exact) mass is 223 g/mol. The average molecular weight is 223 g/mol. The van der Waals surface area contributed by atoms with Crippen LogP contribution in [0.15, 0.2) is 6.07 Å². The highest BCUT2D eigenvalue weighted by Crippen LogP contribution is 2.09. The van der Waals surface area contributed by atoms with E-state index in [2.05, 4.69) is 16.9 Å². The summed E-state index contributed by atoms with van der Waals surface area (Å²) in [5.74, 6) is 0.438. The number of hydroxylamine groups is 1. The lowest BCUT2D eigenvalue weighted by Gasteiger charge is -2.17. The van der Waals surface area contributed by atoms with E-state index in [0.717, 1.165) is 18.7 Å². The molecule has 6 nitrogen and oxygen atoms in total. The fraction of sp³-hybridized carbons (Fsp3) is 0.500. The number of hydrogen-bond acceptors (Lipinski definition) is 5. The standard InChI is InChI=1S/C10H17N5O/c1-4-5-15(3)10-12-7(2)6-8(13-10)9(11)14-16/h6,16H,4-5H2,1-3H3,(H2,11,14). The SMILES string of the molecule is CCCN(C)c1nc(C)cc(C(=N)NO)n1. The summed E-state index contributed by atoms with van der Waals surface area (Å²) in [6, 6.07) is 1.65. The Morgan fingerprint density at radius 3 is 2.81 bits per heavy atom. The van der Waals surface area contributed by atoms with Crippen molar-refractivity contribution in [3.63, 3.8) is 0 Å². The van der Waals surface area contributed by atoms with E-state index in [0.29, 0.717) is 11.6 Å². The van der Waals surface area contributed by atoms with E-state index in [4.69, 9.17) is 10.6 Å². The van der Waals surface area contributed by atoms with Crippen molar-refractivity contribution in [2.45, 2.75) is 20.3 Å². The molecule has 0 unspecified atom stereocenters. The van der Waals surface area contributed by atoms with Gasteiger partial charge in [0.2, 0.25) is 5.95 Å². The molecular weight excluding hydrogens is 206 g/mol. The van der Waals surface area contributed by atoms with Crippen LogP contribution in [0, 0.1) is 12.3 Å². The minimum Gasteiger partial charge on any atom is -0.344 e. The highest BCUT2D eigenvalue weighted by molar-refractivity contribution is 5.93. The van der Waals surface area contributed by atoms with Crippen molar-refractivity contribution in [1.82, 2.24) is 15.4 Å². The van der Waals surface area contributed by atoms with E-state index in [1.165, 1.54) is 0 Å². The number of aryl methyl sites for hydroxylation is 1. The largest absolute Gasteiger partial charge is 0.344 e. The summed E-state index contributed by atoms with van der Waals surface area (Å²) in [4.78, 5) is 10.4. The van der Waals surface area contributed by atoms with E-state index >= 15 is 0 Å². The molecule has 1 heterocycles. The van der Waals surface area contributed by atoms with E-state index < -0.39 is 0 Å². The lowest BCUT2D eigenvalue weighted by molar-refractivity contribution is 0.234. The summed E-state index contributed by atoms with van der Waals surface area (Å²) in [5.41, 5.74) is 2.93. The molecule has 0 radical (unpaired) electrons. The van der Waals surface area contributed by atoms with Crippen molar-refractivity contribution >= 4 is 11.8 Å². The van der Waals surface area contributed by atoms with E-state index in [-0.39, 0.29) is 5.84 Å². The fourth-order valence-corrected chi connectivity index (χ4v) is 1.34. The molecule has 0 atom stereocenters. The van der Waals surface area contributed by atoms with Crippen LogP contribution in [0.25, 0.3) is 0 Å². The minimum absolute atomic E-state index is 0.128. The molecule has 0 saturated carbocycles. The zero-order chi connectivity index (χ0) is 12.1. The van der Waals surface area contributed by atoms with Gasteiger partial charge in [-0.15, -0.1) is 0 Å². The lowest BCUT2D eigenvalue weighted by Crippen LogP contribution is -2.25. The van der Waals surface area contributed by atoms with Gasteiger partial charge in [0.25, 0.3) is 0 Å². The third-order valence-electron chi connectivity index (χ3n) is 2.11. The van der Waals surface area contributed by atoms with E-state index in [9.17, 15) is 0 Å². The van der Waals surface area contributed by atoms with Crippen molar-refractivity contribution in [2.75, 3.05) is 18.5 Å². The Morgan fingerprint density at radius 1 is 1.56 bits per heavy atom. The first kappa shape index (κ1) is 12.4. The van der Waals surface area contributed by atoms with E-state index in [1.54, 1.807) is 11.5 Å². The molecule has 0 aliphatic heterocycles. The molecule has 0 spiro atoms. The van der Waals surface area contributed by atoms with Crippen LogP contribution < -0.4 is 10.4 Å². The number of nitrogens with one attached hydrogen (secondary N) is 2. The second-order valence-electron chi connectivity index (χ2n) is 3.60. The second kappa shape index (κ2) is 5.41. The van der Waals surface area contributed by atoms with Gasteiger partial charge in [-0.1, -0.05) is 6.92 Å². The first-order chi connectivity index (χ1) is 7.58. The van der Waals surface area contributed by atoms with Gasteiger partial charge in [0.15, 0.2) is 5.84 Å². The van der Waals surface area contributed by atoms with Crippen LogP contribution in [0.5, 0.6) is 0 Å². The van der Waals surface area contributed by atoms with Crippen molar-refractivity contribution in [3.8, 4) is 0 Å². The Balaban J connectivity index is 3.02. The van der Waals surface area contributed by atoms with Gasteiger partial charge in [-0.05, 0) is 19.4 Å². The van der Waals surface area contributed by atoms with Crippen LogP contribution in [0.2, 0.25) is 0 Å². The fourth-order valence-electron chi connectivity index (χ4n) is 1.34. The molecule has 0 aliphatic rings. The zero-order valence-corrected chi connectivity index (χ0v) is 9.78. The highest BCUT2D eigenvalue weighted by Gasteiger charge is 2.09. The van der Waals surface area contributed by atoms with Crippen LogP contribution in [-0.4, -0.2) is 34.6 Å². The topological polar surface area (TPSA) is 85.1 Å². The van der Waals surface area contributed by atoms with Crippen molar-refractivity contribution in [1.29, 1.82) is 5.41 Å². The first-order valence-electron chi connectivity index (χ1n) is 5.14. The highest BCUT2D eigenvalue weighted by atomic mass is 16.5. The van der Waals surface area contributed by atoms with Crippen LogP contribution in [-0.2, 0) is 0 Å². The molecule has 0 bridgehead atoms. The third-order valence-corrected chi connectivity index (χ3v) is 2.11. The molecule has 0 aromatic carbocycles. The van der Waals surface area contributed by atoms with Gasteiger partial charge in [0, 0.05) is 19.3 Å². The summed E-state index contributed by atoms with van der Waals surface area (Å²) in [6.07, 6.45) is 0.999. The number of amidine groups is 1. The molecule has 88 valence electrons. The smallest absolute Gasteiger partial charge is 0.225 e. The maximum absolute atomic E-state index is 8.66. The number of nitrogens with zero attached hydrogens (tertiary/aromatic N) is 3. The molecule has 0 fully saturated rings. The predicted molar refractivity (Wildman–Crippen MR) is 62.1 cm³/mol. The summed E-state index contributed by atoms with van der Waals surface area (Å²) in [6.45, 7) is 4.76. The quantitative estimate of drug-likeness (QED) is 0.402. The van der Waals surface area contributed by atoms with Crippen molar-refractivity contribution in [2.24, 2.45) is 0 Å². The van der Waals surface area contributed by atoms with Gasteiger partial charge in [-0.2, -0.15) is 0 Å². The van der Waals surface area contributed by atoms with Crippen LogP contribution in [0.1, 0.15) is 24.7 Å². The van der Waals surface area contributed by atoms with Gasteiger partial charge in [-0.3, -0.25) is 16.1 Å². The predicted octanol–water partition coefficient (Wildman–Crippen LogP) is 0.935. The Hall–Kier alpha value is -1.69. The van der Waals surface area contributed by atoms with Gasteiger partial charge in [-0.25, -0.2) is 9.97 Å². The molecular formula is C10H17N5O. The Kier molecular flexibility index (Phi) is 4.19. The normalized spacial score (nSPS) is 10.0. The Bertz CT molecular complexity index is 379. The molecule has 0 aliphatic carbocycles. The second-order valence-corrected chi connectivity index (χ2v) is 3.60. The molecule has 16 heavy (non-hydrogen) atoms. The number of hydrogen-bond donors (Lipinski definition) is 3. The molecule has 3 N–H and O–H groups in total. The summed E-state index contributed by atoms with van der Waals surface area (Å²) in [5, 5.41) is 16.1. The van der Waals surface area contributed by atoms with Crippen LogP contribution in [0.3, 0.4) is 0 Å².